The van der Waals surface area contributed by atoms with Crippen molar-refractivity contribution in [3.8, 4) is 0 Å². The van der Waals surface area contributed by atoms with Gasteiger partial charge in [-0.15, -0.1) is 0 Å². The number of benzene rings is 1. The summed E-state index contributed by atoms with van der Waals surface area (Å²) in [4.78, 5) is 0. The van der Waals surface area contributed by atoms with Gasteiger partial charge in [0.25, 0.3) is 0 Å². The molecule has 1 aromatic rings. The van der Waals surface area contributed by atoms with E-state index in [9.17, 15) is 0 Å². The van der Waals surface area contributed by atoms with Crippen LogP contribution in [0.25, 0.3) is 0 Å². The standard InChI is InChI=1S/C17H25N/c1-2-10-16(18-12-5-1)13-15-9-6-8-14-7-3-4-11-17(14)15/h3-4,7,11,15-16,18H,1-2,5-6,8-10,12-13H2. The maximum absolute atomic E-state index is 3.76. The Morgan fingerprint density at radius 1 is 1.00 bits per heavy atom. The van der Waals surface area contributed by atoms with Crippen molar-refractivity contribution < 1.29 is 0 Å². The first-order chi connectivity index (χ1) is 8.93. The van der Waals surface area contributed by atoms with Gasteiger partial charge < -0.3 is 5.32 Å². The van der Waals surface area contributed by atoms with Gasteiger partial charge >= 0.3 is 0 Å². The van der Waals surface area contributed by atoms with Crippen LogP contribution in [0.1, 0.15) is 62.0 Å². The van der Waals surface area contributed by atoms with Crippen molar-refractivity contribution in [1.82, 2.24) is 5.32 Å². The van der Waals surface area contributed by atoms with Crippen LogP contribution in [0.2, 0.25) is 0 Å². The highest BCUT2D eigenvalue weighted by Crippen LogP contribution is 2.35. The van der Waals surface area contributed by atoms with Gasteiger partial charge in [0.2, 0.25) is 0 Å². The monoisotopic (exact) mass is 243 g/mol. The Kier molecular flexibility index (Phi) is 3.99. The minimum atomic E-state index is 0.767. The van der Waals surface area contributed by atoms with Gasteiger partial charge in [0.1, 0.15) is 0 Å². The summed E-state index contributed by atoms with van der Waals surface area (Å²) in [7, 11) is 0. The molecule has 1 aliphatic heterocycles. The smallest absolute Gasteiger partial charge is 0.00728 e. The molecule has 0 saturated carbocycles. The second kappa shape index (κ2) is 5.88. The third kappa shape index (κ3) is 2.77. The summed E-state index contributed by atoms with van der Waals surface area (Å²) in [6.45, 7) is 1.24. The molecule has 1 aromatic carbocycles. The van der Waals surface area contributed by atoms with Gasteiger partial charge in [0, 0.05) is 6.04 Å². The van der Waals surface area contributed by atoms with Crippen LogP contribution in [0.5, 0.6) is 0 Å². The largest absolute Gasteiger partial charge is 0.314 e. The average Bonchev–Trinajstić information content (AvgIpc) is 2.68. The molecule has 1 aliphatic carbocycles. The summed E-state index contributed by atoms with van der Waals surface area (Å²) < 4.78 is 0. The highest BCUT2D eigenvalue weighted by molar-refractivity contribution is 5.32. The summed E-state index contributed by atoms with van der Waals surface area (Å²) in [5.74, 6) is 0.811. The number of fused-ring (bicyclic) bond motifs is 1. The molecule has 0 radical (unpaired) electrons. The molecule has 2 aliphatic rings. The van der Waals surface area contributed by atoms with E-state index >= 15 is 0 Å². The molecule has 1 saturated heterocycles. The number of rotatable bonds is 2. The number of hydrogen-bond donors (Lipinski definition) is 1. The lowest BCUT2D eigenvalue weighted by Crippen LogP contribution is -2.30. The summed E-state index contributed by atoms with van der Waals surface area (Å²) >= 11 is 0. The fraction of sp³-hybridized carbons (Fsp3) is 0.647. The van der Waals surface area contributed by atoms with Gasteiger partial charge in [0.15, 0.2) is 0 Å². The van der Waals surface area contributed by atoms with Crippen LogP contribution in [0, 0.1) is 0 Å². The second-order valence-electron chi connectivity index (χ2n) is 6.02. The summed E-state index contributed by atoms with van der Waals surface area (Å²) in [6, 6.07) is 9.89. The summed E-state index contributed by atoms with van der Waals surface area (Å²) in [6.07, 6.45) is 11.0. The van der Waals surface area contributed by atoms with Gasteiger partial charge in [-0.25, -0.2) is 0 Å². The maximum atomic E-state index is 3.76. The van der Waals surface area contributed by atoms with Crippen molar-refractivity contribution in [2.45, 2.75) is 63.3 Å². The summed E-state index contributed by atoms with van der Waals surface area (Å²) in [5, 5.41) is 3.76. The van der Waals surface area contributed by atoms with Crippen LogP contribution >= 0.6 is 0 Å². The molecule has 0 amide bonds. The van der Waals surface area contributed by atoms with Crippen LogP contribution in [-0.4, -0.2) is 12.6 Å². The first-order valence-corrected chi connectivity index (χ1v) is 7.74. The zero-order chi connectivity index (χ0) is 12.2. The number of aryl methyl sites for hydroxylation is 1. The summed E-state index contributed by atoms with van der Waals surface area (Å²) in [5.41, 5.74) is 3.26. The third-order valence-electron chi connectivity index (χ3n) is 4.73. The second-order valence-corrected chi connectivity index (χ2v) is 6.02. The van der Waals surface area contributed by atoms with E-state index in [4.69, 9.17) is 0 Å². The SMILES string of the molecule is c1ccc2c(c1)CCCC2CC1CCCCCN1. The molecule has 98 valence electrons. The Hall–Kier alpha value is -0.820. The number of nitrogens with one attached hydrogen (secondary N) is 1. The molecule has 0 bridgehead atoms. The maximum Gasteiger partial charge on any atom is 0.00728 e. The molecule has 1 heterocycles. The van der Waals surface area contributed by atoms with Crippen molar-refractivity contribution in [2.24, 2.45) is 0 Å². The van der Waals surface area contributed by atoms with Crippen LogP contribution in [0.15, 0.2) is 24.3 Å². The third-order valence-corrected chi connectivity index (χ3v) is 4.73. The van der Waals surface area contributed by atoms with Gasteiger partial charge in [-0.1, -0.05) is 37.1 Å². The van der Waals surface area contributed by atoms with Crippen molar-refractivity contribution in [1.29, 1.82) is 0 Å². The molecular formula is C17H25N. The molecule has 0 aromatic heterocycles. The van der Waals surface area contributed by atoms with E-state index in [1.807, 2.05) is 0 Å². The molecule has 18 heavy (non-hydrogen) atoms. The minimum Gasteiger partial charge on any atom is -0.314 e. The quantitative estimate of drug-likeness (QED) is 0.827. The fourth-order valence-electron chi connectivity index (χ4n) is 3.74. The Bertz CT molecular complexity index is 377. The van der Waals surface area contributed by atoms with Crippen LogP contribution < -0.4 is 5.32 Å². The van der Waals surface area contributed by atoms with E-state index < -0.39 is 0 Å². The predicted octanol–water partition coefficient (Wildman–Crippen LogP) is 4.03. The molecule has 1 fully saturated rings. The fourth-order valence-corrected chi connectivity index (χ4v) is 3.74. The molecule has 1 N–H and O–H groups in total. The Labute approximate surface area is 111 Å². The van der Waals surface area contributed by atoms with E-state index in [0.29, 0.717) is 0 Å². The number of hydrogen-bond acceptors (Lipinski definition) is 1. The average molecular weight is 243 g/mol. The minimum absolute atomic E-state index is 0.767. The Morgan fingerprint density at radius 3 is 2.94 bits per heavy atom. The van der Waals surface area contributed by atoms with E-state index in [0.717, 1.165) is 12.0 Å². The van der Waals surface area contributed by atoms with E-state index in [2.05, 4.69) is 29.6 Å². The van der Waals surface area contributed by atoms with Crippen molar-refractivity contribution in [2.75, 3.05) is 6.54 Å². The van der Waals surface area contributed by atoms with E-state index in [1.54, 1.807) is 11.1 Å². The van der Waals surface area contributed by atoms with Gasteiger partial charge in [-0.05, 0) is 62.1 Å². The highest BCUT2D eigenvalue weighted by atomic mass is 14.9. The van der Waals surface area contributed by atoms with Crippen molar-refractivity contribution >= 4 is 0 Å². The van der Waals surface area contributed by atoms with Gasteiger partial charge in [0.05, 0.1) is 0 Å². The zero-order valence-corrected chi connectivity index (χ0v) is 11.3. The molecule has 2 unspecified atom stereocenters. The van der Waals surface area contributed by atoms with Crippen molar-refractivity contribution in [3.05, 3.63) is 35.4 Å². The van der Waals surface area contributed by atoms with Gasteiger partial charge in [-0.3, -0.25) is 0 Å². The first kappa shape index (κ1) is 12.2. The predicted molar refractivity (Wildman–Crippen MR) is 77.0 cm³/mol. The molecular weight excluding hydrogens is 218 g/mol. The van der Waals surface area contributed by atoms with Crippen molar-refractivity contribution in [3.63, 3.8) is 0 Å². The molecule has 2 atom stereocenters. The van der Waals surface area contributed by atoms with Crippen LogP contribution in [0.4, 0.5) is 0 Å². The Balaban J connectivity index is 1.69. The molecule has 1 heteroatoms. The normalized spacial score (nSPS) is 28.4. The van der Waals surface area contributed by atoms with Crippen LogP contribution in [-0.2, 0) is 6.42 Å². The molecule has 1 nitrogen and oxygen atoms in total. The van der Waals surface area contributed by atoms with Gasteiger partial charge in [-0.2, -0.15) is 0 Å². The first-order valence-electron chi connectivity index (χ1n) is 7.74. The van der Waals surface area contributed by atoms with Crippen LogP contribution in [0.3, 0.4) is 0 Å². The molecule has 3 rings (SSSR count). The zero-order valence-electron chi connectivity index (χ0n) is 11.3. The lowest BCUT2D eigenvalue weighted by molar-refractivity contribution is 0.406. The Morgan fingerprint density at radius 2 is 1.94 bits per heavy atom. The lowest BCUT2D eigenvalue weighted by Gasteiger charge is -2.29. The molecule has 0 spiro atoms. The van der Waals surface area contributed by atoms with E-state index in [-0.39, 0.29) is 0 Å². The van der Waals surface area contributed by atoms with E-state index in [1.165, 1.54) is 57.9 Å². The lowest BCUT2D eigenvalue weighted by atomic mass is 9.79. The highest BCUT2D eigenvalue weighted by Gasteiger charge is 2.23. The topological polar surface area (TPSA) is 12.0 Å².